The number of rotatable bonds is 7. The van der Waals surface area contributed by atoms with Crippen LogP contribution in [0.1, 0.15) is 40.6 Å². The van der Waals surface area contributed by atoms with Crippen LogP contribution in [0.25, 0.3) is 22.4 Å². The molecule has 0 spiro atoms. The molecule has 3 heterocycles. The van der Waals surface area contributed by atoms with Crippen molar-refractivity contribution < 1.29 is 13.2 Å². The Bertz CT molecular complexity index is 1580. The van der Waals surface area contributed by atoms with E-state index in [4.69, 9.17) is 0 Å². The van der Waals surface area contributed by atoms with Gasteiger partial charge in [0, 0.05) is 36.4 Å². The molecule has 6 rings (SSSR count). The summed E-state index contributed by atoms with van der Waals surface area (Å²) in [5, 5.41) is 6.45. The van der Waals surface area contributed by atoms with Crippen molar-refractivity contribution in [2.75, 3.05) is 36.5 Å². The first-order chi connectivity index (χ1) is 19.4. The molecule has 1 unspecified atom stereocenters. The van der Waals surface area contributed by atoms with E-state index in [9.17, 15) is 13.2 Å². The van der Waals surface area contributed by atoms with Crippen molar-refractivity contribution in [3.63, 3.8) is 0 Å². The fourth-order valence-electron chi connectivity index (χ4n) is 5.32. The van der Waals surface area contributed by atoms with Crippen LogP contribution in [0, 0.1) is 0 Å². The van der Waals surface area contributed by atoms with E-state index in [1.54, 1.807) is 0 Å². The summed E-state index contributed by atoms with van der Waals surface area (Å²) in [6.07, 6.45) is 4.17. The lowest BCUT2D eigenvalue weighted by Gasteiger charge is -2.26. The third-order valence-corrected chi connectivity index (χ3v) is 9.30. The summed E-state index contributed by atoms with van der Waals surface area (Å²) < 4.78 is 23.3. The number of hydrogen-bond donors (Lipinski definition) is 3. The number of aromatic nitrogens is 2. The summed E-state index contributed by atoms with van der Waals surface area (Å²) in [7, 11) is -2.88. The van der Waals surface area contributed by atoms with Gasteiger partial charge in [-0.05, 0) is 66.4 Å². The molecular weight excluding hydrogens is 522 g/mol. The van der Waals surface area contributed by atoms with Crippen molar-refractivity contribution in [1.82, 2.24) is 20.2 Å². The quantitative estimate of drug-likeness (QED) is 0.307. The van der Waals surface area contributed by atoms with Crippen LogP contribution in [-0.4, -0.2) is 60.3 Å². The van der Waals surface area contributed by atoms with E-state index in [2.05, 4.69) is 43.7 Å². The Morgan fingerprint density at radius 2 is 1.70 bits per heavy atom. The van der Waals surface area contributed by atoms with Crippen LogP contribution in [0.2, 0.25) is 0 Å². The second-order valence-electron chi connectivity index (χ2n) is 10.6. The van der Waals surface area contributed by atoms with Gasteiger partial charge in [0.1, 0.15) is 5.82 Å². The van der Waals surface area contributed by atoms with E-state index in [0.717, 1.165) is 52.4 Å². The van der Waals surface area contributed by atoms with Gasteiger partial charge in [-0.3, -0.25) is 9.69 Å². The topological polar surface area (TPSA) is 107 Å². The molecule has 1 atom stereocenters. The Morgan fingerprint density at radius 3 is 2.42 bits per heavy atom. The standard InChI is InChI=1S/C31H33N5O3S/c37-31(34-27-12-6-22(7-13-27)21-36-15-17-40(38,39)18-16-36)24-10-8-23(9-11-24)25-3-1-4-26(19-25)29-20-33-30(35-29)28-5-2-14-32-28/h1,3-4,6-13,19-20,28,32H,2,5,14-18,21H2,(H,33,35)(H,34,37). The van der Waals surface area contributed by atoms with Gasteiger partial charge in [0.25, 0.3) is 5.91 Å². The second kappa shape index (κ2) is 11.4. The van der Waals surface area contributed by atoms with Crippen LogP contribution in [0.3, 0.4) is 0 Å². The summed E-state index contributed by atoms with van der Waals surface area (Å²) in [4.78, 5) is 23.1. The van der Waals surface area contributed by atoms with Crippen LogP contribution >= 0.6 is 0 Å². The summed E-state index contributed by atoms with van der Waals surface area (Å²) >= 11 is 0. The predicted octanol–water partition coefficient (Wildman–Crippen LogP) is 4.65. The van der Waals surface area contributed by atoms with Gasteiger partial charge in [-0.1, -0.05) is 42.5 Å². The van der Waals surface area contributed by atoms with E-state index in [1.807, 2.05) is 60.8 Å². The number of nitrogens with zero attached hydrogens (tertiary/aromatic N) is 2. The minimum Gasteiger partial charge on any atom is -0.341 e. The second-order valence-corrected chi connectivity index (χ2v) is 12.9. The van der Waals surface area contributed by atoms with Gasteiger partial charge < -0.3 is 15.6 Å². The Kier molecular flexibility index (Phi) is 7.51. The van der Waals surface area contributed by atoms with Crippen molar-refractivity contribution >= 4 is 21.4 Å². The highest BCUT2D eigenvalue weighted by atomic mass is 32.2. The Hall–Kier alpha value is -3.79. The Labute approximate surface area is 234 Å². The lowest BCUT2D eigenvalue weighted by Crippen LogP contribution is -2.39. The van der Waals surface area contributed by atoms with Gasteiger partial charge in [-0.25, -0.2) is 13.4 Å². The number of sulfone groups is 1. The molecule has 1 amide bonds. The zero-order valence-electron chi connectivity index (χ0n) is 22.3. The molecule has 3 N–H and O–H groups in total. The molecule has 2 fully saturated rings. The highest BCUT2D eigenvalue weighted by Crippen LogP contribution is 2.28. The maximum atomic E-state index is 12.9. The van der Waals surface area contributed by atoms with E-state index >= 15 is 0 Å². The Balaban J connectivity index is 1.07. The predicted molar refractivity (Wildman–Crippen MR) is 158 cm³/mol. The fourth-order valence-corrected chi connectivity index (χ4v) is 6.60. The van der Waals surface area contributed by atoms with Crippen LogP contribution in [0.4, 0.5) is 5.69 Å². The van der Waals surface area contributed by atoms with Gasteiger partial charge in [0.05, 0.1) is 29.4 Å². The van der Waals surface area contributed by atoms with Crippen LogP contribution in [0.5, 0.6) is 0 Å². The number of carbonyl (C=O) groups excluding carboxylic acids is 1. The summed E-state index contributed by atoms with van der Waals surface area (Å²) in [5.41, 5.74) is 6.57. The van der Waals surface area contributed by atoms with Crippen molar-refractivity contribution in [3.05, 3.63) is 95.9 Å². The van der Waals surface area contributed by atoms with E-state index in [0.29, 0.717) is 31.2 Å². The average molecular weight is 556 g/mol. The van der Waals surface area contributed by atoms with Crippen molar-refractivity contribution in [2.45, 2.75) is 25.4 Å². The maximum Gasteiger partial charge on any atom is 0.255 e. The molecule has 4 aromatic rings. The largest absolute Gasteiger partial charge is 0.341 e. The average Bonchev–Trinajstić information content (AvgIpc) is 3.68. The number of carbonyl (C=O) groups is 1. The van der Waals surface area contributed by atoms with Gasteiger partial charge in [-0.2, -0.15) is 0 Å². The summed E-state index contributed by atoms with van der Waals surface area (Å²) in [6, 6.07) is 24.0. The van der Waals surface area contributed by atoms with Gasteiger partial charge in [0.15, 0.2) is 9.84 Å². The first-order valence-electron chi connectivity index (χ1n) is 13.7. The molecular formula is C31H33N5O3S. The number of H-pyrrole nitrogens is 1. The smallest absolute Gasteiger partial charge is 0.255 e. The van der Waals surface area contributed by atoms with Crippen molar-refractivity contribution in [1.29, 1.82) is 0 Å². The number of benzene rings is 3. The first kappa shape index (κ1) is 26.4. The molecule has 0 saturated carbocycles. The first-order valence-corrected chi connectivity index (χ1v) is 15.6. The zero-order valence-corrected chi connectivity index (χ0v) is 23.1. The highest BCUT2D eigenvalue weighted by molar-refractivity contribution is 7.91. The van der Waals surface area contributed by atoms with E-state index in [1.165, 1.54) is 6.42 Å². The minimum atomic E-state index is -2.88. The van der Waals surface area contributed by atoms with Gasteiger partial charge >= 0.3 is 0 Å². The summed E-state index contributed by atoms with van der Waals surface area (Å²) in [6.45, 7) is 2.85. The normalized spacial score (nSPS) is 18.9. The van der Waals surface area contributed by atoms with Crippen LogP contribution in [-0.2, 0) is 16.4 Å². The molecule has 0 bridgehead atoms. The minimum absolute atomic E-state index is 0.167. The lowest BCUT2D eigenvalue weighted by atomic mass is 10.0. The van der Waals surface area contributed by atoms with Crippen LogP contribution in [0.15, 0.2) is 79.0 Å². The van der Waals surface area contributed by atoms with E-state index < -0.39 is 9.84 Å². The monoisotopic (exact) mass is 555 g/mol. The molecule has 40 heavy (non-hydrogen) atoms. The highest BCUT2D eigenvalue weighted by Gasteiger charge is 2.22. The molecule has 206 valence electrons. The van der Waals surface area contributed by atoms with E-state index in [-0.39, 0.29) is 17.4 Å². The maximum absolute atomic E-state index is 12.9. The molecule has 0 radical (unpaired) electrons. The number of aromatic amines is 1. The molecule has 0 aliphatic carbocycles. The molecule has 2 saturated heterocycles. The number of anilines is 1. The molecule has 2 aliphatic rings. The Morgan fingerprint density at radius 1 is 0.950 bits per heavy atom. The SMILES string of the molecule is O=C(Nc1ccc(CN2CCS(=O)(=O)CC2)cc1)c1ccc(-c2cccc(-c3cnc(C4CCCN4)[nH]3)c2)cc1. The third kappa shape index (κ3) is 6.17. The number of imidazole rings is 1. The molecule has 8 nitrogen and oxygen atoms in total. The molecule has 9 heteroatoms. The fraction of sp³-hybridized carbons (Fsp3) is 0.290. The zero-order chi connectivity index (χ0) is 27.5. The lowest BCUT2D eigenvalue weighted by molar-refractivity contribution is 0.102. The molecule has 3 aromatic carbocycles. The third-order valence-electron chi connectivity index (χ3n) is 7.69. The summed E-state index contributed by atoms with van der Waals surface area (Å²) in [5.74, 6) is 1.26. The van der Waals surface area contributed by atoms with Crippen LogP contribution < -0.4 is 10.6 Å². The molecule has 2 aliphatic heterocycles. The van der Waals surface area contributed by atoms with Gasteiger partial charge in [0.2, 0.25) is 0 Å². The van der Waals surface area contributed by atoms with Crippen molar-refractivity contribution in [3.8, 4) is 22.4 Å². The molecule has 1 aromatic heterocycles. The number of nitrogens with one attached hydrogen (secondary N) is 3. The van der Waals surface area contributed by atoms with Gasteiger partial charge in [-0.15, -0.1) is 0 Å². The number of amides is 1. The van der Waals surface area contributed by atoms with Crippen molar-refractivity contribution in [2.24, 2.45) is 0 Å². The number of hydrogen-bond acceptors (Lipinski definition) is 6.